The van der Waals surface area contributed by atoms with Crippen molar-refractivity contribution >= 4 is 5.91 Å². The van der Waals surface area contributed by atoms with Crippen LogP contribution < -0.4 is 10.1 Å². The first-order valence-electron chi connectivity index (χ1n) is 7.66. The van der Waals surface area contributed by atoms with Crippen LogP contribution in [0.2, 0.25) is 0 Å². The third-order valence-corrected chi connectivity index (χ3v) is 3.59. The molecule has 0 spiro atoms. The van der Waals surface area contributed by atoms with Gasteiger partial charge in [0.2, 0.25) is 0 Å². The van der Waals surface area contributed by atoms with E-state index in [2.05, 4.69) is 37.4 Å². The number of amides is 1. The van der Waals surface area contributed by atoms with Crippen molar-refractivity contribution in [3.8, 4) is 5.75 Å². The minimum absolute atomic E-state index is 0.126. The Kier molecular flexibility index (Phi) is 6.18. The topological polar surface area (TPSA) is 47.6 Å². The van der Waals surface area contributed by atoms with Gasteiger partial charge in [0.05, 0.1) is 6.61 Å². The molecule has 122 valence electrons. The predicted molar refractivity (Wildman–Crippen MR) is 90.9 cm³/mol. The molecule has 0 saturated carbocycles. The molecule has 2 rings (SSSR count). The highest BCUT2D eigenvalue weighted by molar-refractivity contribution is 5.94. The SMILES string of the molecule is COCCNC(=O)c1cccc(OCc2cc(C)ccc2C)c1. The summed E-state index contributed by atoms with van der Waals surface area (Å²) in [5.41, 5.74) is 4.14. The number of hydrogen-bond acceptors (Lipinski definition) is 3. The molecule has 1 N–H and O–H groups in total. The van der Waals surface area contributed by atoms with E-state index in [9.17, 15) is 4.79 Å². The summed E-state index contributed by atoms with van der Waals surface area (Å²) in [4.78, 5) is 12.0. The van der Waals surface area contributed by atoms with Crippen LogP contribution in [-0.4, -0.2) is 26.2 Å². The maximum atomic E-state index is 12.0. The molecule has 1 amide bonds. The Labute approximate surface area is 137 Å². The van der Waals surface area contributed by atoms with Gasteiger partial charge in [-0.05, 0) is 43.2 Å². The Hall–Kier alpha value is -2.33. The lowest BCUT2D eigenvalue weighted by molar-refractivity contribution is 0.0936. The molecule has 0 unspecified atom stereocenters. The van der Waals surface area contributed by atoms with E-state index < -0.39 is 0 Å². The number of nitrogens with one attached hydrogen (secondary N) is 1. The maximum absolute atomic E-state index is 12.0. The van der Waals surface area contributed by atoms with E-state index in [1.807, 2.05) is 12.1 Å². The fourth-order valence-electron chi connectivity index (χ4n) is 2.21. The summed E-state index contributed by atoms with van der Waals surface area (Å²) in [5.74, 6) is 0.560. The number of aryl methyl sites for hydroxylation is 2. The van der Waals surface area contributed by atoms with Gasteiger partial charge in [-0.3, -0.25) is 4.79 Å². The van der Waals surface area contributed by atoms with Gasteiger partial charge in [-0.2, -0.15) is 0 Å². The van der Waals surface area contributed by atoms with Gasteiger partial charge in [0.15, 0.2) is 0 Å². The van der Waals surface area contributed by atoms with Crippen molar-refractivity contribution in [2.24, 2.45) is 0 Å². The molecule has 0 saturated heterocycles. The van der Waals surface area contributed by atoms with E-state index in [-0.39, 0.29) is 5.91 Å². The molecule has 23 heavy (non-hydrogen) atoms. The Morgan fingerprint density at radius 3 is 2.74 bits per heavy atom. The molecule has 2 aromatic rings. The van der Waals surface area contributed by atoms with Gasteiger partial charge in [0.1, 0.15) is 12.4 Å². The zero-order valence-corrected chi connectivity index (χ0v) is 13.9. The molecule has 0 aromatic heterocycles. The van der Waals surface area contributed by atoms with E-state index in [0.29, 0.717) is 31.1 Å². The average Bonchev–Trinajstić information content (AvgIpc) is 2.56. The van der Waals surface area contributed by atoms with Crippen molar-refractivity contribution in [3.63, 3.8) is 0 Å². The fourth-order valence-corrected chi connectivity index (χ4v) is 2.21. The van der Waals surface area contributed by atoms with Crippen molar-refractivity contribution in [1.29, 1.82) is 0 Å². The van der Waals surface area contributed by atoms with Crippen molar-refractivity contribution < 1.29 is 14.3 Å². The summed E-state index contributed by atoms with van der Waals surface area (Å²) in [7, 11) is 1.61. The summed E-state index contributed by atoms with van der Waals surface area (Å²) in [6, 6.07) is 13.5. The Morgan fingerprint density at radius 2 is 1.96 bits per heavy atom. The first kappa shape index (κ1) is 17.0. The van der Waals surface area contributed by atoms with E-state index in [1.165, 1.54) is 11.1 Å². The molecule has 0 aliphatic heterocycles. The number of methoxy groups -OCH3 is 1. The molecule has 0 fully saturated rings. The monoisotopic (exact) mass is 313 g/mol. The second-order valence-electron chi connectivity index (χ2n) is 5.50. The standard InChI is InChI=1S/C19H23NO3/c1-14-7-8-15(2)17(11-14)13-23-18-6-4-5-16(12-18)19(21)20-9-10-22-3/h4-8,11-12H,9-10,13H2,1-3H3,(H,20,21). The highest BCUT2D eigenvalue weighted by Crippen LogP contribution is 2.17. The highest BCUT2D eigenvalue weighted by Gasteiger charge is 2.07. The number of hydrogen-bond donors (Lipinski definition) is 1. The Bertz CT molecular complexity index is 667. The Morgan fingerprint density at radius 1 is 1.13 bits per heavy atom. The second kappa shape index (κ2) is 8.34. The van der Waals surface area contributed by atoms with Gasteiger partial charge in [-0.1, -0.05) is 29.8 Å². The summed E-state index contributed by atoms with van der Waals surface area (Å²) in [6.45, 7) is 5.60. The van der Waals surface area contributed by atoms with Gasteiger partial charge in [-0.15, -0.1) is 0 Å². The summed E-state index contributed by atoms with van der Waals surface area (Å²) in [5, 5.41) is 2.80. The molecule has 0 atom stereocenters. The van der Waals surface area contributed by atoms with E-state index >= 15 is 0 Å². The quantitative estimate of drug-likeness (QED) is 0.798. The molecule has 0 radical (unpaired) electrons. The minimum Gasteiger partial charge on any atom is -0.489 e. The van der Waals surface area contributed by atoms with Gasteiger partial charge in [0, 0.05) is 19.2 Å². The third kappa shape index (κ3) is 5.11. The largest absolute Gasteiger partial charge is 0.489 e. The average molecular weight is 313 g/mol. The number of rotatable bonds is 7. The van der Waals surface area contributed by atoms with Crippen LogP contribution in [0.1, 0.15) is 27.0 Å². The molecule has 4 heteroatoms. The zero-order valence-electron chi connectivity index (χ0n) is 13.9. The molecular formula is C19H23NO3. The number of carbonyl (C=O) groups is 1. The van der Waals surface area contributed by atoms with Crippen LogP contribution in [0, 0.1) is 13.8 Å². The van der Waals surface area contributed by atoms with Gasteiger partial charge in [-0.25, -0.2) is 0 Å². The van der Waals surface area contributed by atoms with Crippen LogP contribution >= 0.6 is 0 Å². The fraction of sp³-hybridized carbons (Fsp3) is 0.316. The molecule has 4 nitrogen and oxygen atoms in total. The lowest BCUT2D eigenvalue weighted by atomic mass is 10.1. The minimum atomic E-state index is -0.126. The van der Waals surface area contributed by atoms with Gasteiger partial charge < -0.3 is 14.8 Å². The molecule has 0 aliphatic carbocycles. The van der Waals surface area contributed by atoms with E-state index in [4.69, 9.17) is 9.47 Å². The zero-order chi connectivity index (χ0) is 16.7. The molecular weight excluding hydrogens is 290 g/mol. The highest BCUT2D eigenvalue weighted by atomic mass is 16.5. The summed E-state index contributed by atoms with van der Waals surface area (Å²) >= 11 is 0. The molecule has 0 bridgehead atoms. The van der Waals surface area contributed by atoms with E-state index in [0.717, 1.165) is 5.56 Å². The smallest absolute Gasteiger partial charge is 0.251 e. The van der Waals surface area contributed by atoms with Crippen LogP contribution in [0.3, 0.4) is 0 Å². The van der Waals surface area contributed by atoms with Crippen LogP contribution in [0.5, 0.6) is 5.75 Å². The molecule has 0 aliphatic rings. The normalized spacial score (nSPS) is 10.4. The first-order chi connectivity index (χ1) is 11.1. The van der Waals surface area contributed by atoms with Crippen LogP contribution in [0.25, 0.3) is 0 Å². The lowest BCUT2D eigenvalue weighted by Gasteiger charge is -2.11. The van der Waals surface area contributed by atoms with Crippen LogP contribution in [0.15, 0.2) is 42.5 Å². The number of ether oxygens (including phenoxy) is 2. The lowest BCUT2D eigenvalue weighted by Crippen LogP contribution is -2.26. The number of carbonyl (C=O) groups excluding carboxylic acids is 1. The van der Waals surface area contributed by atoms with Crippen molar-refractivity contribution in [1.82, 2.24) is 5.32 Å². The number of benzene rings is 2. The van der Waals surface area contributed by atoms with Gasteiger partial charge in [0.25, 0.3) is 5.91 Å². The Balaban J connectivity index is 1.99. The summed E-state index contributed by atoms with van der Waals surface area (Å²) in [6.07, 6.45) is 0. The van der Waals surface area contributed by atoms with Crippen molar-refractivity contribution in [2.45, 2.75) is 20.5 Å². The predicted octanol–water partition coefficient (Wildman–Crippen LogP) is 3.26. The third-order valence-electron chi connectivity index (χ3n) is 3.59. The second-order valence-corrected chi connectivity index (χ2v) is 5.50. The first-order valence-corrected chi connectivity index (χ1v) is 7.66. The van der Waals surface area contributed by atoms with E-state index in [1.54, 1.807) is 19.2 Å². The van der Waals surface area contributed by atoms with Gasteiger partial charge >= 0.3 is 0 Å². The van der Waals surface area contributed by atoms with Crippen LogP contribution in [0.4, 0.5) is 0 Å². The molecule has 0 heterocycles. The van der Waals surface area contributed by atoms with Crippen molar-refractivity contribution in [3.05, 3.63) is 64.7 Å². The van der Waals surface area contributed by atoms with Crippen molar-refractivity contribution in [2.75, 3.05) is 20.3 Å². The molecule has 2 aromatic carbocycles. The summed E-state index contributed by atoms with van der Waals surface area (Å²) < 4.78 is 10.8. The van der Waals surface area contributed by atoms with Crippen LogP contribution in [-0.2, 0) is 11.3 Å². The maximum Gasteiger partial charge on any atom is 0.251 e.